The minimum absolute atomic E-state index is 0.0229. The number of ether oxygens (including phenoxy) is 1. The predicted octanol–water partition coefficient (Wildman–Crippen LogP) is 4.38. The van der Waals surface area contributed by atoms with Gasteiger partial charge in [0.1, 0.15) is 17.5 Å². The van der Waals surface area contributed by atoms with Gasteiger partial charge in [0.15, 0.2) is 0 Å². The van der Waals surface area contributed by atoms with Crippen LogP contribution in [0.3, 0.4) is 0 Å². The van der Waals surface area contributed by atoms with E-state index in [0.29, 0.717) is 48.5 Å². The van der Waals surface area contributed by atoms with E-state index in [1.54, 1.807) is 17.0 Å². The Morgan fingerprint density at radius 2 is 1.67 bits per heavy atom. The van der Waals surface area contributed by atoms with Gasteiger partial charge in [-0.3, -0.25) is 24.3 Å². The van der Waals surface area contributed by atoms with E-state index in [9.17, 15) is 14.4 Å². The summed E-state index contributed by atoms with van der Waals surface area (Å²) in [7, 11) is 0. The number of amides is 3. The van der Waals surface area contributed by atoms with Gasteiger partial charge in [-0.15, -0.1) is 0 Å². The second-order valence-electron chi connectivity index (χ2n) is 12.2. The van der Waals surface area contributed by atoms with E-state index in [2.05, 4.69) is 26.6 Å². The second kappa shape index (κ2) is 13.9. The number of hydrogen-bond donors (Lipinski definition) is 2. The summed E-state index contributed by atoms with van der Waals surface area (Å²) in [5, 5.41) is 15.0. The number of piperidine rings is 2. The predicted molar refractivity (Wildman–Crippen MR) is 169 cm³/mol. The number of pyridine rings is 1. The van der Waals surface area contributed by atoms with Crippen LogP contribution in [0.5, 0.6) is 5.75 Å². The maximum absolute atomic E-state index is 13.1. The van der Waals surface area contributed by atoms with Gasteiger partial charge in [0.2, 0.25) is 5.91 Å². The number of carbonyl (C=O) groups excluding carboxylic acids is 3. The summed E-state index contributed by atoms with van der Waals surface area (Å²) in [4.78, 5) is 46.6. The lowest BCUT2D eigenvalue weighted by Gasteiger charge is -2.32. The molecule has 3 fully saturated rings. The fourth-order valence-corrected chi connectivity index (χ4v) is 5.87. The average molecular weight is 607 g/mol. The minimum atomic E-state index is -0.179. The van der Waals surface area contributed by atoms with E-state index in [1.165, 1.54) is 11.8 Å². The smallest absolute Gasteiger partial charge is 0.272 e. The van der Waals surface area contributed by atoms with Gasteiger partial charge in [-0.25, -0.2) is 0 Å². The number of nitrogens with zero attached hydrogens (tertiary/aromatic N) is 4. The lowest BCUT2D eigenvalue weighted by atomic mass is 10.0. The van der Waals surface area contributed by atoms with Crippen LogP contribution in [0, 0.1) is 17.2 Å². The Labute approximate surface area is 263 Å². The quantitative estimate of drug-likeness (QED) is 0.370. The van der Waals surface area contributed by atoms with Crippen LogP contribution in [0.1, 0.15) is 70.5 Å². The van der Waals surface area contributed by atoms with Crippen molar-refractivity contribution in [3.05, 3.63) is 89.2 Å². The van der Waals surface area contributed by atoms with Gasteiger partial charge in [-0.1, -0.05) is 18.2 Å². The molecule has 1 saturated carbocycles. The summed E-state index contributed by atoms with van der Waals surface area (Å²) in [6, 6.07) is 20.7. The largest absolute Gasteiger partial charge is 0.490 e. The van der Waals surface area contributed by atoms with Crippen LogP contribution in [-0.2, 0) is 11.3 Å². The third-order valence-corrected chi connectivity index (χ3v) is 8.74. The van der Waals surface area contributed by atoms with Crippen LogP contribution < -0.4 is 15.4 Å². The Kier molecular flexibility index (Phi) is 9.36. The average Bonchev–Trinajstić information content (AvgIpc) is 3.93. The summed E-state index contributed by atoms with van der Waals surface area (Å²) in [5.74, 6) is 0.579. The summed E-state index contributed by atoms with van der Waals surface area (Å²) in [6.07, 6.45) is 6.46. The number of aromatic nitrogens is 1. The maximum atomic E-state index is 13.1. The van der Waals surface area contributed by atoms with Gasteiger partial charge in [0.05, 0.1) is 17.2 Å². The van der Waals surface area contributed by atoms with Crippen LogP contribution in [0.15, 0.2) is 66.9 Å². The molecule has 3 aromatic rings. The molecule has 232 valence electrons. The van der Waals surface area contributed by atoms with Crippen LogP contribution >= 0.6 is 0 Å². The molecule has 2 saturated heterocycles. The topological polar surface area (TPSA) is 128 Å². The van der Waals surface area contributed by atoms with E-state index in [4.69, 9.17) is 10.00 Å². The molecular weight excluding hydrogens is 568 g/mol. The first-order valence-electron chi connectivity index (χ1n) is 15.8. The molecule has 0 radical (unpaired) electrons. The first-order valence-corrected chi connectivity index (χ1v) is 15.8. The molecule has 3 aliphatic rings. The van der Waals surface area contributed by atoms with E-state index in [1.807, 2.05) is 48.5 Å². The molecule has 2 aromatic carbocycles. The Morgan fingerprint density at radius 1 is 0.911 bits per heavy atom. The third kappa shape index (κ3) is 8.05. The first-order chi connectivity index (χ1) is 21.9. The molecule has 3 amide bonds. The lowest BCUT2D eigenvalue weighted by Crippen LogP contribution is -2.44. The molecule has 3 heterocycles. The Balaban J connectivity index is 0.926. The van der Waals surface area contributed by atoms with Crippen molar-refractivity contribution < 1.29 is 19.1 Å². The number of rotatable bonds is 9. The Bertz CT molecular complexity index is 1550. The molecule has 10 nitrogen and oxygen atoms in total. The van der Waals surface area contributed by atoms with Gasteiger partial charge in [-0.05, 0) is 67.6 Å². The van der Waals surface area contributed by atoms with E-state index in [0.717, 1.165) is 51.0 Å². The maximum Gasteiger partial charge on any atom is 0.272 e. The molecule has 2 N–H and O–H groups in total. The molecule has 45 heavy (non-hydrogen) atoms. The zero-order valence-electron chi connectivity index (χ0n) is 25.3. The lowest BCUT2D eigenvalue weighted by molar-refractivity contribution is -0.117. The Hall–Kier alpha value is -4.75. The molecule has 1 aliphatic carbocycles. The van der Waals surface area contributed by atoms with Gasteiger partial charge >= 0.3 is 0 Å². The number of likely N-dealkylation sites (tertiary alicyclic amines) is 2. The number of anilines is 1. The molecule has 2 aliphatic heterocycles. The molecule has 0 spiro atoms. The SMILES string of the molecule is N#Cc1ccc(CN2CCC(NC(=O)c3ccc(C(=O)N4CCC(Oc5cccc(NC(=O)C6CC6)c5)CC4)nc3)CC2)cc1. The molecule has 10 heteroatoms. The van der Waals surface area contributed by atoms with Crippen LogP contribution in [0.25, 0.3) is 0 Å². The number of hydrogen-bond acceptors (Lipinski definition) is 7. The van der Waals surface area contributed by atoms with Crippen LogP contribution in [0.2, 0.25) is 0 Å². The van der Waals surface area contributed by atoms with E-state index >= 15 is 0 Å². The molecule has 1 aromatic heterocycles. The fraction of sp³-hybridized carbons (Fsp3) is 0.400. The van der Waals surface area contributed by atoms with Crippen molar-refractivity contribution in [3.8, 4) is 11.8 Å². The van der Waals surface area contributed by atoms with Crippen molar-refractivity contribution in [3.63, 3.8) is 0 Å². The Morgan fingerprint density at radius 3 is 2.33 bits per heavy atom. The van der Waals surface area contributed by atoms with Gasteiger partial charge in [0, 0.05) is 75.5 Å². The highest BCUT2D eigenvalue weighted by Gasteiger charge is 2.30. The van der Waals surface area contributed by atoms with Crippen molar-refractivity contribution in [1.82, 2.24) is 20.1 Å². The van der Waals surface area contributed by atoms with Gasteiger partial charge in [0.25, 0.3) is 11.8 Å². The zero-order valence-corrected chi connectivity index (χ0v) is 25.3. The summed E-state index contributed by atoms with van der Waals surface area (Å²) < 4.78 is 6.17. The molecule has 0 unspecified atom stereocenters. The number of benzene rings is 2. The molecule has 0 bridgehead atoms. The van der Waals surface area contributed by atoms with Crippen molar-refractivity contribution in [2.45, 2.75) is 57.2 Å². The van der Waals surface area contributed by atoms with E-state index in [-0.39, 0.29) is 35.8 Å². The monoisotopic (exact) mass is 606 g/mol. The zero-order chi connectivity index (χ0) is 31.2. The summed E-state index contributed by atoms with van der Waals surface area (Å²) in [5.41, 5.74) is 3.33. The molecule has 0 atom stereocenters. The van der Waals surface area contributed by atoms with Crippen molar-refractivity contribution >= 4 is 23.4 Å². The second-order valence-corrected chi connectivity index (χ2v) is 12.2. The van der Waals surface area contributed by atoms with Crippen LogP contribution in [0.4, 0.5) is 5.69 Å². The van der Waals surface area contributed by atoms with Gasteiger partial charge in [-0.2, -0.15) is 5.26 Å². The molecular formula is C35H38N6O4. The summed E-state index contributed by atoms with van der Waals surface area (Å²) >= 11 is 0. The highest BCUT2D eigenvalue weighted by Crippen LogP contribution is 2.31. The number of nitriles is 1. The highest BCUT2D eigenvalue weighted by atomic mass is 16.5. The minimum Gasteiger partial charge on any atom is -0.490 e. The normalized spacial score (nSPS) is 17.7. The van der Waals surface area contributed by atoms with Crippen molar-refractivity contribution in [2.24, 2.45) is 5.92 Å². The van der Waals surface area contributed by atoms with Crippen LogP contribution in [-0.4, -0.2) is 70.8 Å². The number of nitrogens with one attached hydrogen (secondary N) is 2. The van der Waals surface area contributed by atoms with E-state index < -0.39 is 0 Å². The van der Waals surface area contributed by atoms with Crippen molar-refractivity contribution in [1.29, 1.82) is 5.26 Å². The van der Waals surface area contributed by atoms with Gasteiger partial charge < -0.3 is 20.3 Å². The number of carbonyl (C=O) groups is 3. The standard InChI is InChI=1S/C35H38N6O4/c36-21-24-4-6-25(7-5-24)23-40-16-12-28(13-17-40)38-34(43)27-10-11-32(37-22-27)35(44)41-18-14-30(15-19-41)45-31-3-1-2-29(20-31)39-33(42)26-8-9-26/h1-7,10-11,20,22,26,28,30H,8-9,12-19,23H2,(H,38,43)(H,39,42). The first kappa shape index (κ1) is 30.3. The summed E-state index contributed by atoms with van der Waals surface area (Å²) in [6.45, 7) is 3.68. The van der Waals surface area contributed by atoms with Crippen molar-refractivity contribution in [2.75, 3.05) is 31.5 Å². The third-order valence-electron chi connectivity index (χ3n) is 8.74. The molecule has 6 rings (SSSR count). The fourth-order valence-electron chi connectivity index (χ4n) is 5.87. The highest BCUT2D eigenvalue weighted by molar-refractivity contribution is 5.96.